The molecule has 0 amide bonds. The summed E-state index contributed by atoms with van der Waals surface area (Å²) in [6, 6.07) is 6.81. The van der Waals surface area contributed by atoms with E-state index in [4.69, 9.17) is 0 Å². The van der Waals surface area contributed by atoms with Gasteiger partial charge in [0.05, 0.1) is 29.5 Å². The summed E-state index contributed by atoms with van der Waals surface area (Å²) < 4.78 is 66.9. The molecule has 28 heavy (non-hydrogen) atoms. The fourth-order valence-corrected chi connectivity index (χ4v) is 3.34. The van der Waals surface area contributed by atoms with Crippen molar-refractivity contribution in [3.05, 3.63) is 48.3 Å². The SMILES string of the molecule is FC(F)c1ccc2ncc(-c3cccc(NC4CNCC4C(F)(F)F)n3)n2c1. The van der Waals surface area contributed by atoms with Crippen LogP contribution in [0.5, 0.6) is 0 Å². The first-order chi connectivity index (χ1) is 13.3. The minimum absolute atomic E-state index is 0.148. The molecule has 5 nitrogen and oxygen atoms in total. The Morgan fingerprint density at radius 2 is 1.96 bits per heavy atom. The molecule has 10 heteroatoms. The first-order valence-electron chi connectivity index (χ1n) is 8.59. The van der Waals surface area contributed by atoms with Gasteiger partial charge in [-0.1, -0.05) is 6.07 Å². The zero-order valence-corrected chi connectivity index (χ0v) is 14.4. The van der Waals surface area contributed by atoms with E-state index < -0.39 is 24.6 Å². The topological polar surface area (TPSA) is 54.2 Å². The van der Waals surface area contributed by atoms with Crippen LogP contribution in [0.1, 0.15) is 12.0 Å². The predicted octanol–water partition coefficient (Wildman–Crippen LogP) is 3.90. The van der Waals surface area contributed by atoms with Crippen molar-refractivity contribution in [2.75, 3.05) is 18.4 Å². The fraction of sp³-hybridized carbons (Fsp3) is 0.333. The number of alkyl halides is 5. The average Bonchev–Trinajstić information content (AvgIpc) is 3.27. The first-order valence-corrected chi connectivity index (χ1v) is 8.59. The lowest BCUT2D eigenvalue weighted by Crippen LogP contribution is -2.38. The average molecular weight is 397 g/mol. The molecule has 148 valence electrons. The molecule has 1 aliphatic rings. The number of fused-ring (bicyclic) bond motifs is 1. The molecule has 0 radical (unpaired) electrons. The van der Waals surface area contributed by atoms with Crippen LogP contribution in [0.25, 0.3) is 17.0 Å². The van der Waals surface area contributed by atoms with Crippen LogP contribution in [-0.4, -0.2) is 39.7 Å². The Labute approximate surface area is 156 Å². The Morgan fingerprint density at radius 3 is 2.71 bits per heavy atom. The van der Waals surface area contributed by atoms with E-state index in [9.17, 15) is 22.0 Å². The van der Waals surface area contributed by atoms with Gasteiger partial charge in [0.15, 0.2) is 0 Å². The van der Waals surface area contributed by atoms with Crippen molar-refractivity contribution in [2.45, 2.75) is 18.6 Å². The molecule has 2 N–H and O–H groups in total. The number of hydrogen-bond acceptors (Lipinski definition) is 4. The molecule has 1 aliphatic heterocycles. The normalized spacial score (nSPS) is 20.2. The van der Waals surface area contributed by atoms with Crippen LogP contribution in [0.15, 0.2) is 42.7 Å². The van der Waals surface area contributed by atoms with Gasteiger partial charge in [-0.15, -0.1) is 0 Å². The molecule has 3 aromatic rings. The van der Waals surface area contributed by atoms with E-state index in [1.807, 2.05) is 0 Å². The standard InChI is InChI=1S/C18H16F5N5/c19-17(20)10-4-5-16-25-8-14(28(16)9-10)12-2-1-3-15(26-12)27-13-7-24-6-11(13)18(21,22)23/h1-5,8-9,11,13,17,24H,6-7H2,(H,26,27). The third-order valence-electron chi connectivity index (χ3n) is 4.76. The Kier molecular flexibility index (Phi) is 4.66. The summed E-state index contributed by atoms with van der Waals surface area (Å²) in [5.41, 5.74) is 1.19. The maximum Gasteiger partial charge on any atom is 0.395 e. The lowest BCUT2D eigenvalue weighted by atomic mass is 10.0. The van der Waals surface area contributed by atoms with Crippen molar-refractivity contribution < 1.29 is 22.0 Å². The molecule has 4 heterocycles. The van der Waals surface area contributed by atoms with Gasteiger partial charge in [0.25, 0.3) is 6.43 Å². The third kappa shape index (κ3) is 3.51. The molecule has 0 spiro atoms. The van der Waals surface area contributed by atoms with Gasteiger partial charge in [-0.05, 0) is 24.3 Å². The van der Waals surface area contributed by atoms with Crippen molar-refractivity contribution in [3.8, 4) is 11.4 Å². The van der Waals surface area contributed by atoms with Gasteiger partial charge < -0.3 is 10.6 Å². The van der Waals surface area contributed by atoms with Crippen molar-refractivity contribution in [2.24, 2.45) is 5.92 Å². The maximum atomic E-state index is 13.1. The van der Waals surface area contributed by atoms with Crippen molar-refractivity contribution in [3.63, 3.8) is 0 Å². The van der Waals surface area contributed by atoms with Crippen molar-refractivity contribution >= 4 is 11.5 Å². The van der Waals surface area contributed by atoms with Crippen LogP contribution in [0.2, 0.25) is 0 Å². The van der Waals surface area contributed by atoms with Gasteiger partial charge >= 0.3 is 6.18 Å². The van der Waals surface area contributed by atoms with Gasteiger partial charge in [-0.25, -0.2) is 18.7 Å². The zero-order valence-electron chi connectivity index (χ0n) is 14.4. The van der Waals surface area contributed by atoms with E-state index in [1.165, 1.54) is 28.9 Å². The molecule has 0 bridgehead atoms. The highest BCUT2D eigenvalue weighted by Gasteiger charge is 2.47. The molecule has 0 saturated carbocycles. The first kappa shape index (κ1) is 18.6. The van der Waals surface area contributed by atoms with Crippen LogP contribution in [0.4, 0.5) is 27.8 Å². The lowest BCUT2D eigenvalue weighted by Gasteiger charge is -2.22. The van der Waals surface area contributed by atoms with E-state index in [1.54, 1.807) is 18.2 Å². The molecular weight excluding hydrogens is 381 g/mol. The monoisotopic (exact) mass is 397 g/mol. The van der Waals surface area contributed by atoms with Gasteiger partial charge in [-0.3, -0.25) is 4.40 Å². The summed E-state index contributed by atoms with van der Waals surface area (Å²) in [4.78, 5) is 8.54. The third-order valence-corrected chi connectivity index (χ3v) is 4.76. The largest absolute Gasteiger partial charge is 0.395 e. The predicted molar refractivity (Wildman–Crippen MR) is 93.2 cm³/mol. The smallest absolute Gasteiger partial charge is 0.365 e. The number of anilines is 1. The maximum absolute atomic E-state index is 13.1. The second kappa shape index (κ2) is 7.01. The highest BCUT2D eigenvalue weighted by molar-refractivity contribution is 5.62. The highest BCUT2D eigenvalue weighted by Crippen LogP contribution is 2.32. The second-order valence-electron chi connectivity index (χ2n) is 6.60. The van der Waals surface area contributed by atoms with Crippen LogP contribution in [-0.2, 0) is 0 Å². The summed E-state index contributed by atoms with van der Waals surface area (Å²) in [6.07, 6.45) is -4.17. The minimum Gasteiger partial charge on any atom is -0.365 e. The van der Waals surface area contributed by atoms with E-state index in [-0.39, 0.29) is 24.5 Å². The summed E-state index contributed by atoms with van der Waals surface area (Å²) in [7, 11) is 0. The summed E-state index contributed by atoms with van der Waals surface area (Å²) >= 11 is 0. The Hall–Kier alpha value is -2.75. The van der Waals surface area contributed by atoms with Crippen molar-refractivity contribution in [1.82, 2.24) is 19.7 Å². The number of nitrogens with one attached hydrogen (secondary N) is 2. The van der Waals surface area contributed by atoms with Crippen LogP contribution < -0.4 is 10.6 Å². The Balaban J connectivity index is 1.64. The quantitative estimate of drug-likeness (QED) is 0.656. The summed E-state index contributed by atoms with van der Waals surface area (Å²) in [5.74, 6) is -1.23. The molecule has 3 aromatic heterocycles. The number of halogens is 5. The Morgan fingerprint density at radius 1 is 1.14 bits per heavy atom. The number of rotatable bonds is 4. The zero-order chi connectivity index (χ0) is 19.9. The number of imidazole rings is 1. The number of nitrogens with zero attached hydrogens (tertiary/aromatic N) is 3. The van der Waals surface area contributed by atoms with E-state index >= 15 is 0 Å². The van der Waals surface area contributed by atoms with Gasteiger partial charge in [0.2, 0.25) is 0 Å². The molecule has 2 unspecified atom stereocenters. The highest BCUT2D eigenvalue weighted by atomic mass is 19.4. The second-order valence-corrected chi connectivity index (χ2v) is 6.60. The van der Waals surface area contributed by atoms with Crippen molar-refractivity contribution in [1.29, 1.82) is 0 Å². The molecule has 0 aliphatic carbocycles. The summed E-state index contributed by atoms with van der Waals surface area (Å²) in [6.45, 7) is 0.0218. The molecule has 0 aromatic carbocycles. The molecule has 1 fully saturated rings. The van der Waals surface area contributed by atoms with Gasteiger partial charge in [-0.2, -0.15) is 13.2 Å². The number of hydrogen-bond donors (Lipinski definition) is 2. The lowest BCUT2D eigenvalue weighted by molar-refractivity contribution is -0.170. The molecule has 1 saturated heterocycles. The number of pyridine rings is 2. The Bertz CT molecular complexity index is 984. The van der Waals surface area contributed by atoms with Crippen LogP contribution >= 0.6 is 0 Å². The molecule has 4 rings (SSSR count). The molecular formula is C18H16F5N5. The van der Waals surface area contributed by atoms with E-state index in [0.717, 1.165) is 0 Å². The fourth-order valence-electron chi connectivity index (χ4n) is 3.34. The minimum atomic E-state index is -4.31. The molecule has 2 atom stereocenters. The van der Waals surface area contributed by atoms with Gasteiger partial charge in [0, 0.05) is 24.8 Å². The summed E-state index contributed by atoms with van der Waals surface area (Å²) in [5, 5.41) is 5.57. The van der Waals surface area contributed by atoms with Crippen LogP contribution in [0.3, 0.4) is 0 Å². The number of aromatic nitrogens is 3. The van der Waals surface area contributed by atoms with E-state index in [2.05, 4.69) is 20.6 Å². The van der Waals surface area contributed by atoms with Gasteiger partial charge in [0.1, 0.15) is 11.5 Å². The van der Waals surface area contributed by atoms with Crippen LogP contribution in [0, 0.1) is 5.92 Å². The van der Waals surface area contributed by atoms with E-state index in [0.29, 0.717) is 17.0 Å².